The molecular weight excluding hydrogens is 307 g/mol. The molecular formula is C15H18ClFN4O. The standard InChI is InChI=1S/C15H18ClFN4O/c1-15(16)11(10-2-3-19-9-12(10)17)8-13(18)14(20-15)21-4-6-22-7-5-21/h2-3,8-9,20H,4-7,18H2,1H3. The highest BCUT2D eigenvalue weighted by Gasteiger charge is 2.35. The quantitative estimate of drug-likeness (QED) is 0.639. The van der Waals surface area contributed by atoms with Gasteiger partial charge in [0.25, 0.3) is 0 Å². The lowest BCUT2D eigenvalue weighted by atomic mass is 9.95. The third-order valence-corrected chi connectivity index (χ3v) is 4.12. The molecule has 118 valence electrons. The van der Waals surface area contributed by atoms with E-state index < -0.39 is 10.8 Å². The molecule has 2 aliphatic rings. The van der Waals surface area contributed by atoms with Gasteiger partial charge < -0.3 is 20.7 Å². The third kappa shape index (κ3) is 2.76. The zero-order valence-corrected chi connectivity index (χ0v) is 13.0. The number of hydrogen-bond donors (Lipinski definition) is 2. The Balaban J connectivity index is 2.00. The van der Waals surface area contributed by atoms with E-state index in [0.29, 0.717) is 30.0 Å². The van der Waals surface area contributed by atoms with Crippen molar-refractivity contribution < 1.29 is 9.13 Å². The van der Waals surface area contributed by atoms with Gasteiger partial charge in [-0.3, -0.25) is 4.98 Å². The minimum absolute atomic E-state index is 0.393. The van der Waals surface area contributed by atoms with Crippen molar-refractivity contribution in [3.05, 3.63) is 47.4 Å². The van der Waals surface area contributed by atoms with Crippen molar-refractivity contribution in [2.75, 3.05) is 26.3 Å². The molecule has 0 aliphatic carbocycles. The average molecular weight is 325 g/mol. The van der Waals surface area contributed by atoms with Crippen LogP contribution in [0.25, 0.3) is 5.57 Å². The number of rotatable bonds is 2. The molecule has 0 aromatic carbocycles. The Morgan fingerprint density at radius 2 is 2.18 bits per heavy atom. The van der Waals surface area contributed by atoms with Gasteiger partial charge in [0.2, 0.25) is 0 Å². The molecule has 0 saturated carbocycles. The van der Waals surface area contributed by atoms with Crippen LogP contribution in [0.2, 0.25) is 0 Å². The summed E-state index contributed by atoms with van der Waals surface area (Å²) in [5.41, 5.74) is 7.68. The predicted molar refractivity (Wildman–Crippen MR) is 83.2 cm³/mol. The minimum atomic E-state index is -0.960. The fraction of sp³-hybridized carbons (Fsp3) is 0.400. The summed E-state index contributed by atoms with van der Waals surface area (Å²) in [6.07, 6.45) is 4.43. The topological polar surface area (TPSA) is 63.4 Å². The van der Waals surface area contributed by atoms with Gasteiger partial charge in [-0.05, 0) is 19.1 Å². The second-order valence-corrected chi connectivity index (χ2v) is 6.20. The Morgan fingerprint density at radius 3 is 2.86 bits per heavy atom. The van der Waals surface area contributed by atoms with Gasteiger partial charge in [-0.1, -0.05) is 11.6 Å². The van der Waals surface area contributed by atoms with Gasteiger partial charge >= 0.3 is 0 Å². The van der Waals surface area contributed by atoms with E-state index in [1.807, 2.05) is 0 Å². The molecule has 3 heterocycles. The summed E-state index contributed by atoms with van der Waals surface area (Å²) in [5.74, 6) is 0.337. The molecule has 1 aromatic rings. The fourth-order valence-corrected chi connectivity index (χ4v) is 2.94. The van der Waals surface area contributed by atoms with Crippen LogP contribution in [0, 0.1) is 5.82 Å². The van der Waals surface area contributed by atoms with Gasteiger partial charge in [0.1, 0.15) is 16.6 Å². The molecule has 0 spiro atoms. The highest BCUT2D eigenvalue weighted by Crippen LogP contribution is 2.37. The predicted octanol–water partition coefficient (Wildman–Crippen LogP) is 1.62. The van der Waals surface area contributed by atoms with Crippen molar-refractivity contribution >= 4 is 17.2 Å². The van der Waals surface area contributed by atoms with Gasteiger partial charge in [-0.2, -0.15) is 0 Å². The minimum Gasteiger partial charge on any atom is -0.396 e. The summed E-state index contributed by atoms with van der Waals surface area (Å²) < 4.78 is 19.4. The first-order valence-electron chi connectivity index (χ1n) is 7.10. The Bertz CT molecular complexity index is 638. The molecule has 5 nitrogen and oxygen atoms in total. The number of dihydropyridines is 1. The molecule has 2 aliphatic heterocycles. The number of nitrogens with one attached hydrogen (secondary N) is 1. The first-order chi connectivity index (χ1) is 10.5. The van der Waals surface area contributed by atoms with Gasteiger partial charge in [-0.25, -0.2) is 4.39 Å². The van der Waals surface area contributed by atoms with Gasteiger partial charge in [0.05, 0.1) is 25.1 Å². The number of aromatic nitrogens is 1. The number of ether oxygens (including phenoxy) is 1. The summed E-state index contributed by atoms with van der Waals surface area (Å²) in [5, 5.41) is 3.22. The van der Waals surface area contributed by atoms with Crippen LogP contribution >= 0.6 is 11.6 Å². The number of pyridine rings is 1. The highest BCUT2D eigenvalue weighted by molar-refractivity contribution is 6.30. The van der Waals surface area contributed by atoms with Crippen molar-refractivity contribution in [3.63, 3.8) is 0 Å². The molecule has 3 N–H and O–H groups in total. The second kappa shape index (κ2) is 5.78. The van der Waals surface area contributed by atoms with Crippen LogP contribution in [-0.2, 0) is 4.74 Å². The van der Waals surface area contributed by atoms with Crippen LogP contribution in [0.3, 0.4) is 0 Å². The van der Waals surface area contributed by atoms with Crippen LogP contribution in [0.4, 0.5) is 4.39 Å². The number of halogens is 2. The molecule has 7 heteroatoms. The molecule has 0 bridgehead atoms. The zero-order chi connectivity index (χ0) is 15.7. The number of morpholine rings is 1. The van der Waals surface area contributed by atoms with Gasteiger partial charge in [0, 0.05) is 30.4 Å². The molecule has 3 rings (SSSR count). The van der Waals surface area contributed by atoms with E-state index in [9.17, 15) is 4.39 Å². The van der Waals surface area contributed by atoms with E-state index in [1.165, 1.54) is 12.4 Å². The van der Waals surface area contributed by atoms with Crippen molar-refractivity contribution in [2.45, 2.75) is 11.9 Å². The second-order valence-electron chi connectivity index (χ2n) is 5.44. The third-order valence-electron chi connectivity index (χ3n) is 3.82. The molecule has 1 atom stereocenters. The summed E-state index contributed by atoms with van der Waals surface area (Å²) in [6, 6.07) is 1.59. The fourth-order valence-electron chi connectivity index (χ4n) is 2.69. The highest BCUT2D eigenvalue weighted by atomic mass is 35.5. The van der Waals surface area contributed by atoms with E-state index in [1.54, 1.807) is 19.1 Å². The summed E-state index contributed by atoms with van der Waals surface area (Å²) in [4.78, 5) is 4.90. The molecule has 22 heavy (non-hydrogen) atoms. The summed E-state index contributed by atoms with van der Waals surface area (Å²) in [6.45, 7) is 4.55. The Hall–Kier alpha value is -1.79. The van der Waals surface area contributed by atoms with Crippen molar-refractivity contribution in [1.29, 1.82) is 0 Å². The van der Waals surface area contributed by atoms with Crippen LogP contribution < -0.4 is 11.1 Å². The number of nitrogens with zero attached hydrogens (tertiary/aromatic N) is 2. The lowest BCUT2D eigenvalue weighted by molar-refractivity contribution is 0.0490. The van der Waals surface area contributed by atoms with Crippen LogP contribution in [-0.4, -0.2) is 41.2 Å². The van der Waals surface area contributed by atoms with E-state index in [-0.39, 0.29) is 0 Å². The maximum atomic E-state index is 14.0. The van der Waals surface area contributed by atoms with Gasteiger partial charge in [0.15, 0.2) is 0 Å². The maximum absolute atomic E-state index is 14.0. The first-order valence-corrected chi connectivity index (χ1v) is 7.48. The number of hydrogen-bond acceptors (Lipinski definition) is 5. The van der Waals surface area contributed by atoms with Crippen LogP contribution in [0.1, 0.15) is 12.5 Å². The van der Waals surface area contributed by atoms with E-state index in [4.69, 9.17) is 22.1 Å². The van der Waals surface area contributed by atoms with Crippen molar-refractivity contribution in [1.82, 2.24) is 15.2 Å². The first kappa shape index (κ1) is 15.1. The SMILES string of the molecule is CC1(Cl)NC(N2CCOCC2)=C(N)C=C1c1ccncc1F. The van der Waals surface area contributed by atoms with Crippen molar-refractivity contribution in [3.8, 4) is 0 Å². The summed E-state index contributed by atoms with van der Waals surface area (Å²) >= 11 is 6.61. The van der Waals surface area contributed by atoms with Gasteiger partial charge in [-0.15, -0.1) is 0 Å². The van der Waals surface area contributed by atoms with E-state index in [2.05, 4.69) is 15.2 Å². The normalized spacial score (nSPS) is 25.8. The Labute approximate surface area is 133 Å². The lowest BCUT2D eigenvalue weighted by Crippen LogP contribution is -2.49. The average Bonchev–Trinajstić information content (AvgIpc) is 2.51. The number of alkyl halides is 1. The van der Waals surface area contributed by atoms with Crippen LogP contribution in [0.15, 0.2) is 36.1 Å². The number of allylic oxidation sites excluding steroid dienone is 1. The van der Waals surface area contributed by atoms with Crippen LogP contribution in [0.5, 0.6) is 0 Å². The lowest BCUT2D eigenvalue weighted by Gasteiger charge is -2.40. The Morgan fingerprint density at radius 1 is 1.45 bits per heavy atom. The summed E-state index contributed by atoms with van der Waals surface area (Å²) in [7, 11) is 0. The van der Waals surface area contributed by atoms with E-state index >= 15 is 0 Å². The molecule has 1 saturated heterocycles. The molecule has 0 radical (unpaired) electrons. The maximum Gasteiger partial charge on any atom is 0.149 e. The molecule has 0 amide bonds. The Kier molecular flexibility index (Phi) is 3.97. The zero-order valence-electron chi connectivity index (χ0n) is 12.3. The molecule has 1 aromatic heterocycles. The monoisotopic (exact) mass is 324 g/mol. The van der Waals surface area contributed by atoms with Crippen molar-refractivity contribution in [2.24, 2.45) is 5.73 Å². The van der Waals surface area contributed by atoms with E-state index in [0.717, 1.165) is 18.9 Å². The smallest absolute Gasteiger partial charge is 0.149 e. The largest absolute Gasteiger partial charge is 0.396 e. The molecule has 1 unspecified atom stereocenters. The number of nitrogens with two attached hydrogens (primary N) is 1. The molecule has 1 fully saturated rings.